The third-order valence-electron chi connectivity index (χ3n) is 2.53. The molecule has 2 atom stereocenters. The van der Waals surface area contributed by atoms with Gasteiger partial charge in [-0.05, 0) is 24.6 Å². The van der Waals surface area contributed by atoms with E-state index in [2.05, 4.69) is 4.98 Å². The number of hydrogen-bond donors (Lipinski definition) is 2. The summed E-state index contributed by atoms with van der Waals surface area (Å²) in [4.78, 5) is 6.14. The summed E-state index contributed by atoms with van der Waals surface area (Å²) < 4.78 is 4.89. The lowest BCUT2D eigenvalue weighted by atomic mass is 10.1. The summed E-state index contributed by atoms with van der Waals surface area (Å²) in [7, 11) is 3.45. The van der Waals surface area contributed by atoms with Crippen LogP contribution in [0.4, 0.5) is 5.82 Å². The molecule has 1 rings (SSSR count). The summed E-state index contributed by atoms with van der Waals surface area (Å²) in [6.07, 6.45) is 1.21. The molecule has 0 saturated heterocycles. The Balaban J connectivity index is 2.68. The zero-order valence-corrected chi connectivity index (χ0v) is 10.6. The van der Waals surface area contributed by atoms with Gasteiger partial charge in [0.1, 0.15) is 5.82 Å². The van der Waals surface area contributed by atoms with Crippen LogP contribution in [0.2, 0.25) is 0 Å². The normalized spacial score (nSPS) is 14.4. The molecule has 0 spiro atoms. The van der Waals surface area contributed by atoms with E-state index in [9.17, 15) is 5.11 Å². The molecule has 1 heterocycles. The van der Waals surface area contributed by atoms with Crippen LogP contribution < -0.4 is 10.6 Å². The van der Waals surface area contributed by atoms with Gasteiger partial charge in [-0.15, -0.1) is 0 Å². The molecule has 0 radical (unpaired) electrons. The van der Waals surface area contributed by atoms with Gasteiger partial charge in [-0.3, -0.25) is 0 Å². The minimum Gasteiger partial charge on any atom is -0.389 e. The first kappa shape index (κ1) is 13.9. The van der Waals surface area contributed by atoms with Crippen molar-refractivity contribution in [2.75, 3.05) is 32.2 Å². The van der Waals surface area contributed by atoms with Gasteiger partial charge in [0, 0.05) is 32.9 Å². The molecule has 0 amide bonds. The van der Waals surface area contributed by atoms with E-state index in [1.807, 2.05) is 31.0 Å². The molecular formula is C12H21N3O2. The number of aromatic nitrogens is 1. The molecular weight excluding hydrogens is 218 g/mol. The quantitative estimate of drug-likeness (QED) is 0.758. The third kappa shape index (κ3) is 4.30. The minimum absolute atomic E-state index is 0.0194. The second-order valence-corrected chi connectivity index (χ2v) is 4.23. The van der Waals surface area contributed by atoms with E-state index in [-0.39, 0.29) is 6.04 Å². The highest BCUT2D eigenvalue weighted by Gasteiger charge is 2.10. The first-order valence-electron chi connectivity index (χ1n) is 5.64. The fraction of sp³-hybridized carbons (Fsp3) is 0.583. The number of pyridine rings is 1. The van der Waals surface area contributed by atoms with Crippen LogP contribution in [0.15, 0.2) is 18.3 Å². The van der Waals surface area contributed by atoms with E-state index >= 15 is 0 Å². The van der Waals surface area contributed by atoms with E-state index in [0.29, 0.717) is 13.2 Å². The first-order valence-corrected chi connectivity index (χ1v) is 5.64. The molecule has 0 fully saturated rings. The van der Waals surface area contributed by atoms with Crippen molar-refractivity contribution in [2.24, 2.45) is 5.73 Å². The van der Waals surface area contributed by atoms with E-state index in [1.165, 1.54) is 0 Å². The number of rotatable bonds is 6. The maximum Gasteiger partial charge on any atom is 0.128 e. The van der Waals surface area contributed by atoms with E-state index < -0.39 is 6.10 Å². The molecule has 0 aliphatic rings. The number of anilines is 1. The average Bonchev–Trinajstić information content (AvgIpc) is 2.29. The van der Waals surface area contributed by atoms with Crippen LogP contribution in [0.5, 0.6) is 0 Å². The lowest BCUT2D eigenvalue weighted by Gasteiger charge is -2.22. The predicted molar refractivity (Wildman–Crippen MR) is 68.0 cm³/mol. The topological polar surface area (TPSA) is 71.6 Å². The smallest absolute Gasteiger partial charge is 0.128 e. The molecule has 0 aliphatic heterocycles. The molecule has 5 nitrogen and oxygen atoms in total. The van der Waals surface area contributed by atoms with Gasteiger partial charge >= 0.3 is 0 Å². The van der Waals surface area contributed by atoms with Gasteiger partial charge in [-0.1, -0.05) is 0 Å². The van der Waals surface area contributed by atoms with Crippen LogP contribution >= 0.6 is 0 Å². The van der Waals surface area contributed by atoms with Gasteiger partial charge in [0.15, 0.2) is 0 Å². The van der Waals surface area contributed by atoms with Crippen LogP contribution in [0.1, 0.15) is 18.5 Å². The van der Waals surface area contributed by atoms with E-state index in [4.69, 9.17) is 10.5 Å². The second kappa shape index (κ2) is 6.54. The van der Waals surface area contributed by atoms with Crippen LogP contribution in [0, 0.1) is 0 Å². The standard InChI is InChI=1S/C12H21N3O2/c1-9(13)10-4-5-14-12(6-10)15(2)7-11(16)8-17-3/h4-6,9,11,16H,7-8,13H2,1-3H3/t9-,11?/m0/s1. The molecule has 1 aromatic rings. The molecule has 5 heteroatoms. The molecule has 0 aliphatic carbocycles. The third-order valence-corrected chi connectivity index (χ3v) is 2.53. The van der Waals surface area contributed by atoms with E-state index in [0.717, 1.165) is 11.4 Å². The van der Waals surface area contributed by atoms with Gasteiger partial charge in [-0.2, -0.15) is 0 Å². The Kier molecular flexibility index (Phi) is 5.34. The second-order valence-electron chi connectivity index (χ2n) is 4.23. The Labute approximate surface area is 102 Å². The molecule has 17 heavy (non-hydrogen) atoms. The summed E-state index contributed by atoms with van der Waals surface area (Å²) in [6, 6.07) is 3.81. The fourth-order valence-corrected chi connectivity index (χ4v) is 1.58. The van der Waals surface area contributed by atoms with Crippen molar-refractivity contribution in [3.8, 4) is 0 Å². The highest BCUT2D eigenvalue weighted by molar-refractivity contribution is 5.41. The molecule has 1 aromatic heterocycles. The maximum atomic E-state index is 9.64. The Morgan fingerprint density at radius 2 is 2.29 bits per heavy atom. The maximum absolute atomic E-state index is 9.64. The highest BCUT2D eigenvalue weighted by Crippen LogP contribution is 2.15. The van der Waals surface area contributed by atoms with Gasteiger partial charge in [0.25, 0.3) is 0 Å². The molecule has 1 unspecified atom stereocenters. The Bertz CT molecular complexity index is 344. The first-order chi connectivity index (χ1) is 8.04. The zero-order valence-electron chi connectivity index (χ0n) is 10.6. The summed E-state index contributed by atoms with van der Waals surface area (Å²) in [6.45, 7) is 2.72. The van der Waals surface area contributed by atoms with Gasteiger partial charge < -0.3 is 20.5 Å². The van der Waals surface area contributed by atoms with Crippen molar-refractivity contribution < 1.29 is 9.84 Å². The minimum atomic E-state index is -0.522. The zero-order chi connectivity index (χ0) is 12.8. The van der Waals surface area contributed by atoms with Crippen molar-refractivity contribution in [1.29, 1.82) is 0 Å². The van der Waals surface area contributed by atoms with Crippen molar-refractivity contribution in [3.63, 3.8) is 0 Å². The van der Waals surface area contributed by atoms with Gasteiger partial charge in [0.05, 0.1) is 12.7 Å². The lowest BCUT2D eigenvalue weighted by Crippen LogP contribution is -2.32. The average molecular weight is 239 g/mol. The number of aliphatic hydroxyl groups excluding tert-OH is 1. The summed E-state index contributed by atoms with van der Waals surface area (Å²) in [5.74, 6) is 0.801. The SMILES string of the molecule is COCC(O)CN(C)c1cc([C@H](C)N)ccn1. The Morgan fingerprint density at radius 1 is 1.59 bits per heavy atom. The van der Waals surface area contributed by atoms with Crippen molar-refractivity contribution in [3.05, 3.63) is 23.9 Å². The van der Waals surface area contributed by atoms with Crippen LogP contribution in [-0.4, -0.2) is 43.5 Å². The summed E-state index contributed by atoms with van der Waals surface area (Å²) in [5, 5.41) is 9.64. The molecule has 0 bridgehead atoms. The van der Waals surface area contributed by atoms with Crippen LogP contribution in [-0.2, 0) is 4.74 Å². The summed E-state index contributed by atoms with van der Waals surface area (Å²) in [5.41, 5.74) is 6.85. The van der Waals surface area contributed by atoms with Crippen molar-refractivity contribution in [1.82, 2.24) is 4.98 Å². The number of nitrogens with zero attached hydrogens (tertiary/aromatic N) is 2. The van der Waals surface area contributed by atoms with Gasteiger partial charge in [0.2, 0.25) is 0 Å². The predicted octanol–water partition coefficient (Wildman–Crippen LogP) is 0.545. The number of ether oxygens (including phenoxy) is 1. The molecule has 3 N–H and O–H groups in total. The van der Waals surface area contributed by atoms with Crippen LogP contribution in [0.25, 0.3) is 0 Å². The van der Waals surface area contributed by atoms with E-state index in [1.54, 1.807) is 13.3 Å². The summed E-state index contributed by atoms with van der Waals surface area (Å²) >= 11 is 0. The monoisotopic (exact) mass is 239 g/mol. The number of methoxy groups -OCH3 is 1. The van der Waals surface area contributed by atoms with Crippen LogP contribution in [0.3, 0.4) is 0 Å². The molecule has 0 aromatic carbocycles. The van der Waals surface area contributed by atoms with Crippen molar-refractivity contribution >= 4 is 5.82 Å². The number of aliphatic hydroxyl groups is 1. The number of nitrogens with two attached hydrogens (primary N) is 1. The number of hydrogen-bond acceptors (Lipinski definition) is 5. The Hall–Kier alpha value is -1.17. The fourth-order valence-electron chi connectivity index (χ4n) is 1.58. The molecule has 96 valence electrons. The molecule has 0 saturated carbocycles. The Morgan fingerprint density at radius 3 is 2.88 bits per heavy atom. The lowest BCUT2D eigenvalue weighted by molar-refractivity contribution is 0.0694. The number of likely N-dealkylation sites (N-methyl/N-ethyl adjacent to an activating group) is 1. The largest absolute Gasteiger partial charge is 0.389 e. The van der Waals surface area contributed by atoms with Crippen molar-refractivity contribution in [2.45, 2.75) is 19.1 Å². The van der Waals surface area contributed by atoms with Gasteiger partial charge in [-0.25, -0.2) is 4.98 Å². The highest BCUT2D eigenvalue weighted by atomic mass is 16.5.